The molecule has 0 N–H and O–H groups in total. The highest BCUT2D eigenvalue weighted by atomic mass is 19.1. The third kappa shape index (κ3) is 1.28. The van der Waals surface area contributed by atoms with E-state index in [-0.39, 0.29) is 0 Å². The van der Waals surface area contributed by atoms with E-state index in [0.29, 0.717) is 0 Å². The molecule has 1 unspecified atom stereocenters. The molecule has 48 valence electrons. The van der Waals surface area contributed by atoms with Crippen LogP contribution in [0.4, 0.5) is 4.39 Å². The van der Waals surface area contributed by atoms with Crippen molar-refractivity contribution in [2.24, 2.45) is 0 Å². The summed E-state index contributed by atoms with van der Waals surface area (Å²) >= 11 is 0. The Kier molecular flexibility index (Phi) is 1.52. The molecule has 0 aromatic carbocycles. The van der Waals surface area contributed by atoms with Crippen molar-refractivity contribution < 1.29 is 4.39 Å². The predicted molar refractivity (Wildman–Crippen MR) is 36.9 cm³/mol. The van der Waals surface area contributed by atoms with E-state index >= 15 is 0 Å². The minimum atomic E-state index is -0.907. The van der Waals surface area contributed by atoms with Gasteiger partial charge in [0, 0.05) is 0 Å². The number of rotatable bonds is 0. The zero-order chi connectivity index (χ0) is 6.85. The Morgan fingerprint density at radius 2 is 2.33 bits per heavy atom. The number of halogens is 1. The molecule has 9 heavy (non-hydrogen) atoms. The van der Waals surface area contributed by atoms with Gasteiger partial charge < -0.3 is 0 Å². The van der Waals surface area contributed by atoms with Crippen LogP contribution >= 0.6 is 0 Å². The first kappa shape index (κ1) is 6.27. The molecule has 0 fully saturated rings. The van der Waals surface area contributed by atoms with E-state index in [1.165, 1.54) is 6.08 Å². The predicted octanol–water partition coefficient (Wildman–Crippen LogP) is 2.40. The Labute approximate surface area is 54.4 Å². The summed E-state index contributed by atoms with van der Waals surface area (Å²) in [5.41, 5.74) is 1.84. The fourth-order valence-corrected chi connectivity index (χ4v) is 0.741. The highest BCUT2D eigenvalue weighted by Gasteiger charge is 2.04. The van der Waals surface area contributed by atoms with Crippen LogP contribution in [0.2, 0.25) is 0 Å². The number of hydrogen-bond acceptors (Lipinski definition) is 0. The fraction of sp³-hybridized carbons (Fsp3) is 0.250. The highest BCUT2D eigenvalue weighted by molar-refractivity contribution is 5.41. The molecule has 0 aromatic rings. The minimum Gasteiger partial charge on any atom is -0.238 e. The monoisotopic (exact) mass is 124 g/mol. The van der Waals surface area contributed by atoms with Crippen LogP contribution in [0.25, 0.3) is 0 Å². The third-order valence-corrected chi connectivity index (χ3v) is 1.40. The van der Waals surface area contributed by atoms with E-state index in [1.807, 2.05) is 6.92 Å². The Hall–Kier alpha value is -0.850. The summed E-state index contributed by atoms with van der Waals surface area (Å²) in [6, 6.07) is 0. The molecule has 0 saturated carbocycles. The van der Waals surface area contributed by atoms with Crippen LogP contribution in [0.5, 0.6) is 0 Å². The molecule has 1 heteroatoms. The molecule has 0 nitrogen and oxygen atoms in total. The zero-order valence-corrected chi connectivity index (χ0v) is 5.39. The number of alkyl halides is 1. The van der Waals surface area contributed by atoms with E-state index in [1.54, 1.807) is 12.2 Å². The summed E-state index contributed by atoms with van der Waals surface area (Å²) in [5, 5.41) is 0. The molecule has 0 aliphatic heterocycles. The lowest BCUT2D eigenvalue weighted by molar-refractivity contribution is 0.465. The van der Waals surface area contributed by atoms with Crippen molar-refractivity contribution in [3.05, 3.63) is 36.0 Å². The SMILES string of the molecule is C=C1C=CC(F)C=C1C. The standard InChI is InChI=1S/C8H9F/c1-6-3-4-8(9)5-7(6)2/h3-5,8H,1H2,2H3. The largest absolute Gasteiger partial charge is 0.238 e. The summed E-state index contributed by atoms with van der Waals surface area (Å²) in [7, 11) is 0. The normalized spacial score (nSPS) is 26.2. The molecule has 1 atom stereocenters. The lowest BCUT2D eigenvalue weighted by atomic mass is 10.0. The third-order valence-electron chi connectivity index (χ3n) is 1.40. The molecular formula is C8H9F. The Bertz CT molecular complexity index is 187. The van der Waals surface area contributed by atoms with Gasteiger partial charge in [0.15, 0.2) is 0 Å². The molecular weight excluding hydrogens is 115 g/mol. The summed E-state index contributed by atoms with van der Waals surface area (Å²) in [5.74, 6) is 0. The van der Waals surface area contributed by atoms with Gasteiger partial charge in [-0.1, -0.05) is 12.7 Å². The molecule has 0 bridgehead atoms. The van der Waals surface area contributed by atoms with Crippen LogP contribution in [0.1, 0.15) is 6.92 Å². The summed E-state index contributed by atoms with van der Waals surface area (Å²) in [4.78, 5) is 0. The summed E-state index contributed by atoms with van der Waals surface area (Å²) < 4.78 is 12.4. The number of hydrogen-bond donors (Lipinski definition) is 0. The first-order valence-electron chi connectivity index (χ1n) is 2.90. The van der Waals surface area contributed by atoms with Crippen molar-refractivity contribution in [3.8, 4) is 0 Å². The lowest BCUT2D eigenvalue weighted by Gasteiger charge is -2.07. The van der Waals surface area contributed by atoms with E-state index in [4.69, 9.17) is 0 Å². The Morgan fingerprint density at radius 1 is 1.67 bits per heavy atom. The molecule has 0 heterocycles. The van der Waals surface area contributed by atoms with Crippen LogP contribution in [0.3, 0.4) is 0 Å². The van der Waals surface area contributed by atoms with E-state index in [2.05, 4.69) is 6.58 Å². The first-order chi connectivity index (χ1) is 4.20. The van der Waals surface area contributed by atoms with Crippen LogP contribution in [-0.2, 0) is 0 Å². The number of allylic oxidation sites excluding steroid dienone is 5. The second-order valence-corrected chi connectivity index (χ2v) is 2.18. The van der Waals surface area contributed by atoms with Crippen molar-refractivity contribution in [3.63, 3.8) is 0 Å². The van der Waals surface area contributed by atoms with Crippen LogP contribution < -0.4 is 0 Å². The molecule has 0 amide bonds. The van der Waals surface area contributed by atoms with Gasteiger partial charge in [0.2, 0.25) is 0 Å². The van der Waals surface area contributed by atoms with Gasteiger partial charge in [-0.15, -0.1) is 0 Å². The molecule has 0 radical (unpaired) electrons. The second-order valence-electron chi connectivity index (χ2n) is 2.18. The maximum absolute atomic E-state index is 12.4. The van der Waals surface area contributed by atoms with Gasteiger partial charge in [0.05, 0.1) is 0 Å². The zero-order valence-electron chi connectivity index (χ0n) is 5.39. The van der Waals surface area contributed by atoms with Gasteiger partial charge in [-0.3, -0.25) is 0 Å². The van der Waals surface area contributed by atoms with E-state index in [0.717, 1.165) is 11.1 Å². The topological polar surface area (TPSA) is 0 Å². The van der Waals surface area contributed by atoms with Gasteiger partial charge in [-0.2, -0.15) is 0 Å². The Morgan fingerprint density at radius 3 is 2.78 bits per heavy atom. The van der Waals surface area contributed by atoms with Crippen molar-refractivity contribution in [1.29, 1.82) is 0 Å². The van der Waals surface area contributed by atoms with Gasteiger partial charge in [-0.05, 0) is 30.2 Å². The first-order valence-corrected chi connectivity index (χ1v) is 2.90. The smallest absolute Gasteiger partial charge is 0.137 e. The van der Waals surface area contributed by atoms with Crippen molar-refractivity contribution in [1.82, 2.24) is 0 Å². The quantitative estimate of drug-likeness (QED) is 0.465. The molecule has 1 rings (SSSR count). The lowest BCUT2D eigenvalue weighted by Crippen LogP contribution is -1.97. The molecule has 0 saturated heterocycles. The van der Waals surface area contributed by atoms with Crippen molar-refractivity contribution in [2.75, 3.05) is 0 Å². The van der Waals surface area contributed by atoms with Crippen LogP contribution in [0, 0.1) is 0 Å². The minimum absolute atomic E-state index is 0.906. The molecule has 0 aromatic heterocycles. The summed E-state index contributed by atoms with van der Waals surface area (Å²) in [6.45, 7) is 5.57. The van der Waals surface area contributed by atoms with Crippen molar-refractivity contribution >= 4 is 0 Å². The van der Waals surface area contributed by atoms with Gasteiger partial charge in [0.1, 0.15) is 6.17 Å². The van der Waals surface area contributed by atoms with Gasteiger partial charge in [0.25, 0.3) is 0 Å². The molecule has 0 spiro atoms. The second kappa shape index (κ2) is 2.18. The van der Waals surface area contributed by atoms with Gasteiger partial charge in [-0.25, -0.2) is 4.39 Å². The van der Waals surface area contributed by atoms with E-state index < -0.39 is 6.17 Å². The Balaban J connectivity index is 2.82. The van der Waals surface area contributed by atoms with Crippen LogP contribution in [0.15, 0.2) is 36.0 Å². The summed E-state index contributed by atoms with van der Waals surface area (Å²) in [6.07, 6.45) is 3.85. The molecule has 1 aliphatic carbocycles. The highest BCUT2D eigenvalue weighted by Crippen LogP contribution is 2.16. The van der Waals surface area contributed by atoms with E-state index in [9.17, 15) is 4.39 Å². The van der Waals surface area contributed by atoms with Crippen LogP contribution in [-0.4, -0.2) is 6.17 Å². The van der Waals surface area contributed by atoms with Gasteiger partial charge >= 0.3 is 0 Å². The maximum Gasteiger partial charge on any atom is 0.137 e. The average molecular weight is 124 g/mol. The molecule has 1 aliphatic rings. The maximum atomic E-state index is 12.4. The average Bonchev–Trinajstić information content (AvgIpc) is 1.80. The fourth-order valence-electron chi connectivity index (χ4n) is 0.741. The van der Waals surface area contributed by atoms with Crippen molar-refractivity contribution in [2.45, 2.75) is 13.1 Å².